The Labute approximate surface area is 189 Å². The molecule has 1 amide bonds. The van der Waals surface area contributed by atoms with E-state index in [0.717, 1.165) is 26.1 Å². The number of nitrogens with one attached hydrogen (secondary N) is 1. The molecule has 0 spiro atoms. The lowest BCUT2D eigenvalue weighted by molar-refractivity contribution is 0.202. The number of carbonyl (C=O) groups is 1. The SMILES string of the molecule is CNC(=O)Oc1ccc2c(c1)[C@@]1(C)CCN(Cc3ccccc3)C1N2Cc1ccccc1. The van der Waals surface area contributed by atoms with Gasteiger partial charge >= 0.3 is 6.09 Å². The first-order valence-electron chi connectivity index (χ1n) is 11.2. The normalized spacial score (nSPS) is 21.8. The van der Waals surface area contributed by atoms with Crippen molar-refractivity contribution >= 4 is 11.8 Å². The molecule has 1 fully saturated rings. The van der Waals surface area contributed by atoms with Gasteiger partial charge in [-0.25, -0.2) is 4.79 Å². The fourth-order valence-corrected chi connectivity index (χ4v) is 5.36. The van der Waals surface area contributed by atoms with Crippen LogP contribution in [0.2, 0.25) is 0 Å². The molecule has 0 aromatic heterocycles. The Morgan fingerprint density at radius 1 is 1.00 bits per heavy atom. The van der Waals surface area contributed by atoms with Crippen LogP contribution in [-0.2, 0) is 18.5 Å². The van der Waals surface area contributed by atoms with Crippen molar-refractivity contribution in [1.82, 2.24) is 10.2 Å². The predicted octanol–water partition coefficient (Wildman–Crippen LogP) is 4.91. The number of nitrogens with zero attached hydrogens (tertiary/aromatic N) is 2. The van der Waals surface area contributed by atoms with E-state index < -0.39 is 6.09 Å². The quantitative estimate of drug-likeness (QED) is 0.628. The Morgan fingerprint density at radius 2 is 1.66 bits per heavy atom. The highest BCUT2D eigenvalue weighted by Gasteiger charge is 2.54. The van der Waals surface area contributed by atoms with Gasteiger partial charge in [0.05, 0.1) is 6.17 Å². The zero-order valence-corrected chi connectivity index (χ0v) is 18.6. The standard InChI is InChI=1S/C27H29N3O2/c1-27-15-16-29(18-20-9-5-3-6-10-20)25(27)30(19-21-11-7-4-8-12-21)24-14-13-22(17-23(24)27)32-26(31)28-2/h3-14,17,25H,15-16,18-19H2,1-2H3,(H,28,31)/t25?,27-/m1/s1. The number of hydrogen-bond donors (Lipinski definition) is 1. The fraction of sp³-hybridized carbons (Fsp3) is 0.296. The second-order valence-corrected chi connectivity index (χ2v) is 8.93. The average Bonchev–Trinajstić information content (AvgIpc) is 3.26. The highest BCUT2D eigenvalue weighted by Crippen LogP contribution is 2.53. The molecule has 3 aromatic carbocycles. The fourth-order valence-electron chi connectivity index (χ4n) is 5.36. The van der Waals surface area contributed by atoms with Gasteiger partial charge in [-0.2, -0.15) is 0 Å². The van der Waals surface area contributed by atoms with Crippen LogP contribution in [0, 0.1) is 0 Å². The average molecular weight is 428 g/mol. The van der Waals surface area contributed by atoms with Gasteiger partial charge in [0.25, 0.3) is 0 Å². The Balaban J connectivity index is 1.53. The first-order valence-corrected chi connectivity index (χ1v) is 11.2. The molecule has 0 saturated carbocycles. The first kappa shape index (κ1) is 20.6. The van der Waals surface area contributed by atoms with Gasteiger partial charge in [0, 0.05) is 37.8 Å². The minimum Gasteiger partial charge on any atom is -0.410 e. The number of fused-ring (bicyclic) bond motifs is 3. The summed E-state index contributed by atoms with van der Waals surface area (Å²) in [5.41, 5.74) is 5.07. The molecule has 2 aliphatic heterocycles. The zero-order valence-electron chi connectivity index (χ0n) is 18.6. The molecule has 1 saturated heterocycles. The van der Waals surface area contributed by atoms with Crippen molar-refractivity contribution < 1.29 is 9.53 Å². The predicted molar refractivity (Wildman–Crippen MR) is 127 cm³/mol. The lowest BCUT2D eigenvalue weighted by Crippen LogP contribution is -2.48. The summed E-state index contributed by atoms with van der Waals surface area (Å²) in [6.07, 6.45) is 0.864. The van der Waals surface area contributed by atoms with E-state index in [4.69, 9.17) is 4.74 Å². The molecule has 3 aromatic rings. The number of benzene rings is 3. The summed E-state index contributed by atoms with van der Waals surface area (Å²) in [5, 5.41) is 2.53. The van der Waals surface area contributed by atoms with E-state index in [0.29, 0.717) is 5.75 Å². The highest BCUT2D eigenvalue weighted by atomic mass is 16.5. The maximum absolute atomic E-state index is 11.8. The second-order valence-electron chi connectivity index (χ2n) is 8.93. The molecular formula is C27H29N3O2. The van der Waals surface area contributed by atoms with Crippen molar-refractivity contribution in [3.05, 3.63) is 95.6 Å². The van der Waals surface area contributed by atoms with Gasteiger partial charge in [0.2, 0.25) is 0 Å². The van der Waals surface area contributed by atoms with Crippen molar-refractivity contribution in [1.29, 1.82) is 0 Å². The van der Waals surface area contributed by atoms with Crippen LogP contribution in [0.4, 0.5) is 10.5 Å². The summed E-state index contributed by atoms with van der Waals surface area (Å²) in [6, 6.07) is 27.4. The molecule has 164 valence electrons. The monoisotopic (exact) mass is 427 g/mol. The van der Waals surface area contributed by atoms with Gasteiger partial charge in [0.1, 0.15) is 5.75 Å². The van der Waals surface area contributed by atoms with E-state index in [-0.39, 0.29) is 11.6 Å². The van der Waals surface area contributed by atoms with Gasteiger partial charge in [-0.3, -0.25) is 4.90 Å². The summed E-state index contributed by atoms with van der Waals surface area (Å²) in [5.74, 6) is 0.589. The molecule has 0 radical (unpaired) electrons. The highest BCUT2D eigenvalue weighted by molar-refractivity contribution is 5.72. The zero-order chi connectivity index (χ0) is 22.1. The smallest absolute Gasteiger partial charge is 0.410 e. The lowest BCUT2D eigenvalue weighted by atomic mass is 9.81. The maximum Gasteiger partial charge on any atom is 0.412 e. The Morgan fingerprint density at radius 3 is 2.31 bits per heavy atom. The topological polar surface area (TPSA) is 44.8 Å². The number of hydrogen-bond acceptors (Lipinski definition) is 4. The minimum atomic E-state index is -0.442. The third-order valence-corrected chi connectivity index (χ3v) is 6.86. The molecule has 0 bridgehead atoms. The number of likely N-dealkylation sites (tertiary alicyclic amines) is 1. The molecule has 5 rings (SSSR count). The number of anilines is 1. The molecule has 5 nitrogen and oxygen atoms in total. The van der Waals surface area contributed by atoms with E-state index >= 15 is 0 Å². The van der Waals surface area contributed by atoms with Crippen LogP contribution in [0.3, 0.4) is 0 Å². The van der Waals surface area contributed by atoms with Gasteiger partial charge in [0.15, 0.2) is 0 Å². The van der Waals surface area contributed by atoms with Crippen LogP contribution in [0.15, 0.2) is 78.9 Å². The van der Waals surface area contributed by atoms with Gasteiger partial charge in [-0.05, 0) is 41.3 Å². The molecular weight excluding hydrogens is 398 g/mol. The summed E-state index contributed by atoms with van der Waals surface area (Å²) in [6.45, 7) is 5.15. The van der Waals surface area contributed by atoms with Crippen LogP contribution in [-0.4, -0.2) is 30.8 Å². The van der Waals surface area contributed by atoms with Crippen molar-refractivity contribution in [2.24, 2.45) is 0 Å². The largest absolute Gasteiger partial charge is 0.412 e. The first-order chi connectivity index (χ1) is 15.6. The van der Waals surface area contributed by atoms with Crippen LogP contribution in [0.1, 0.15) is 30.0 Å². The maximum atomic E-state index is 11.8. The summed E-state index contributed by atoms with van der Waals surface area (Å²) < 4.78 is 5.48. The molecule has 0 aliphatic carbocycles. The minimum absolute atomic E-state index is 0.0407. The van der Waals surface area contributed by atoms with Crippen molar-refractivity contribution in [3.63, 3.8) is 0 Å². The van der Waals surface area contributed by atoms with E-state index in [1.165, 1.54) is 22.4 Å². The van der Waals surface area contributed by atoms with E-state index in [1.807, 2.05) is 6.07 Å². The second kappa shape index (κ2) is 8.32. The van der Waals surface area contributed by atoms with Crippen molar-refractivity contribution in [2.75, 3.05) is 18.5 Å². The van der Waals surface area contributed by atoms with Gasteiger partial charge in [-0.1, -0.05) is 67.6 Å². The van der Waals surface area contributed by atoms with Gasteiger partial charge < -0.3 is 15.0 Å². The number of amides is 1. The summed E-state index contributed by atoms with van der Waals surface area (Å²) in [7, 11) is 1.58. The van der Waals surface area contributed by atoms with Crippen LogP contribution in [0.5, 0.6) is 5.75 Å². The third-order valence-electron chi connectivity index (χ3n) is 6.86. The molecule has 2 heterocycles. The molecule has 1 N–H and O–H groups in total. The van der Waals surface area contributed by atoms with E-state index in [9.17, 15) is 4.79 Å². The van der Waals surface area contributed by atoms with E-state index in [1.54, 1.807) is 7.05 Å². The number of rotatable bonds is 5. The Hall–Kier alpha value is -3.31. The third kappa shape index (κ3) is 3.63. The van der Waals surface area contributed by atoms with Crippen LogP contribution >= 0.6 is 0 Å². The molecule has 5 heteroatoms. The van der Waals surface area contributed by atoms with E-state index in [2.05, 4.69) is 94.8 Å². The van der Waals surface area contributed by atoms with Gasteiger partial charge in [-0.15, -0.1) is 0 Å². The lowest BCUT2D eigenvalue weighted by Gasteiger charge is -2.37. The van der Waals surface area contributed by atoms with Crippen molar-refractivity contribution in [3.8, 4) is 5.75 Å². The molecule has 1 unspecified atom stereocenters. The number of carbonyl (C=O) groups excluding carboxylic acids is 1. The summed E-state index contributed by atoms with van der Waals surface area (Å²) >= 11 is 0. The summed E-state index contributed by atoms with van der Waals surface area (Å²) in [4.78, 5) is 16.9. The van der Waals surface area contributed by atoms with Crippen LogP contribution < -0.4 is 15.0 Å². The molecule has 32 heavy (non-hydrogen) atoms. The van der Waals surface area contributed by atoms with Crippen LogP contribution in [0.25, 0.3) is 0 Å². The number of ether oxygens (including phenoxy) is 1. The molecule has 2 atom stereocenters. The molecule has 2 aliphatic rings. The van der Waals surface area contributed by atoms with Crippen molar-refractivity contribution in [2.45, 2.75) is 38.0 Å². The Kier molecular flexibility index (Phi) is 5.35. The Bertz CT molecular complexity index is 1100.